The summed E-state index contributed by atoms with van der Waals surface area (Å²) in [5.41, 5.74) is 0. The minimum atomic E-state index is -3.14. The van der Waals surface area contributed by atoms with E-state index >= 15 is 0 Å². The van der Waals surface area contributed by atoms with E-state index in [0.29, 0.717) is 26.1 Å². The van der Waals surface area contributed by atoms with Gasteiger partial charge in [0.1, 0.15) is 6.04 Å². The lowest BCUT2D eigenvalue weighted by Gasteiger charge is -2.36. The van der Waals surface area contributed by atoms with Crippen LogP contribution in [-0.4, -0.2) is 67.2 Å². The number of carboxylic acids is 1. The van der Waals surface area contributed by atoms with Crippen molar-refractivity contribution in [3.8, 4) is 0 Å². The van der Waals surface area contributed by atoms with E-state index in [9.17, 15) is 18.3 Å². The summed E-state index contributed by atoms with van der Waals surface area (Å²) in [4.78, 5) is 13.5. The minimum Gasteiger partial charge on any atom is -0.480 e. The van der Waals surface area contributed by atoms with E-state index in [4.69, 9.17) is 0 Å². The van der Waals surface area contributed by atoms with Gasteiger partial charge < -0.3 is 5.11 Å². The first kappa shape index (κ1) is 16.7. The molecule has 0 aromatic rings. The third-order valence-corrected chi connectivity index (χ3v) is 5.86. The molecule has 0 bridgehead atoms. The number of hydrogen-bond acceptors (Lipinski definition) is 4. The molecular formula is C14H26N2O4S. The second-order valence-electron chi connectivity index (χ2n) is 6.33. The van der Waals surface area contributed by atoms with Crippen LogP contribution in [0.5, 0.6) is 0 Å². The Morgan fingerprint density at radius 3 is 2.57 bits per heavy atom. The molecule has 7 heteroatoms. The average Bonchev–Trinajstić information content (AvgIpc) is 2.63. The van der Waals surface area contributed by atoms with Gasteiger partial charge in [0.05, 0.1) is 6.26 Å². The zero-order valence-corrected chi connectivity index (χ0v) is 13.5. The largest absolute Gasteiger partial charge is 0.480 e. The first-order chi connectivity index (χ1) is 9.88. The van der Waals surface area contributed by atoms with E-state index < -0.39 is 22.0 Å². The molecule has 2 aliphatic heterocycles. The van der Waals surface area contributed by atoms with Crippen molar-refractivity contribution in [3.63, 3.8) is 0 Å². The molecule has 6 nitrogen and oxygen atoms in total. The van der Waals surface area contributed by atoms with Gasteiger partial charge in [0, 0.05) is 19.6 Å². The Balaban J connectivity index is 1.99. The third kappa shape index (κ3) is 4.66. The van der Waals surface area contributed by atoms with Crippen molar-refractivity contribution in [2.24, 2.45) is 5.92 Å². The van der Waals surface area contributed by atoms with E-state index in [1.807, 2.05) is 0 Å². The summed E-state index contributed by atoms with van der Waals surface area (Å²) < 4.78 is 24.9. The summed E-state index contributed by atoms with van der Waals surface area (Å²) in [5, 5.41) is 9.40. The van der Waals surface area contributed by atoms with Gasteiger partial charge in [0.25, 0.3) is 0 Å². The van der Waals surface area contributed by atoms with Crippen molar-refractivity contribution in [2.75, 3.05) is 32.4 Å². The van der Waals surface area contributed by atoms with Gasteiger partial charge >= 0.3 is 5.97 Å². The van der Waals surface area contributed by atoms with Gasteiger partial charge in [0.15, 0.2) is 0 Å². The van der Waals surface area contributed by atoms with Gasteiger partial charge in [-0.15, -0.1) is 0 Å². The molecule has 2 fully saturated rings. The van der Waals surface area contributed by atoms with Gasteiger partial charge in [-0.25, -0.2) is 12.7 Å². The van der Waals surface area contributed by atoms with Crippen LogP contribution in [0.4, 0.5) is 0 Å². The van der Waals surface area contributed by atoms with Crippen LogP contribution in [-0.2, 0) is 14.8 Å². The highest BCUT2D eigenvalue weighted by atomic mass is 32.2. The number of nitrogens with zero attached hydrogens (tertiary/aromatic N) is 2. The molecule has 0 aromatic carbocycles. The first-order valence-corrected chi connectivity index (χ1v) is 9.64. The molecule has 0 aromatic heterocycles. The maximum absolute atomic E-state index is 11.7. The Morgan fingerprint density at radius 1 is 1.14 bits per heavy atom. The highest BCUT2D eigenvalue weighted by Crippen LogP contribution is 2.23. The molecule has 2 saturated heterocycles. The summed E-state index contributed by atoms with van der Waals surface area (Å²) in [6.07, 6.45) is 6.89. The lowest BCUT2D eigenvalue weighted by molar-refractivity contribution is -0.143. The number of likely N-dealkylation sites (tertiary alicyclic amines) is 1. The van der Waals surface area contributed by atoms with E-state index in [-0.39, 0.29) is 5.92 Å². The molecule has 1 N–H and O–H groups in total. The van der Waals surface area contributed by atoms with Crippen LogP contribution in [0.25, 0.3) is 0 Å². The molecule has 2 unspecified atom stereocenters. The molecule has 2 atom stereocenters. The molecule has 0 radical (unpaired) electrons. The number of sulfonamides is 1. The quantitative estimate of drug-likeness (QED) is 0.836. The fraction of sp³-hybridized carbons (Fsp3) is 0.929. The molecule has 0 spiro atoms. The first-order valence-electron chi connectivity index (χ1n) is 7.80. The molecule has 0 saturated carbocycles. The predicted molar refractivity (Wildman–Crippen MR) is 80.6 cm³/mol. The number of carbonyl (C=O) groups is 1. The Hall–Kier alpha value is -0.660. The van der Waals surface area contributed by atoms with Gasteiger partial charge in [0.2, 0.25) is 10.0 Å². The van der Waals surface area contributed by atoms with Crippen LogP contribution in [0.1, 0.15) is 38.5 Å². The number of hydrogen-bond donors (Lipinski definition) is 1. The zero-order chi connectivity index (χ0) is 15.5. The molecule has 21 heavy (non-hydrogen) atoms. The minimum absolute atomic E-state index is 0.244. The standard InChI is InChI=1S/C14H26N2O4S/c1-21(19,20)16-9-5-6-12(11-16)10-15-8-4-2-3-7-13(15)14(17)18/h12-13H,2-11H2,1H3,(H,17,18). The molecule has 2 rings (SSSR count). The van der Waals surface area contributed by atoms with Crippen molar-refractivity contribution in [1.29, 1.82) is 0 Å². The molecule has 0 amide bonds. The lowest BCUT2D eigenvalue weighted by atomic mass is 9.98. The molecule has 0 aliphatic carbocycles. The summed E-state index contributed by atoms with van der Waals surface area (Å²) >= 11 is 0. The zero-order valence-electron chi connectivity index (χ0n) is 12.7. The monoisotopic (exact) mass is 318 g/mol. The van der Waals surface area contributed by atoms with Crippen LogP contribution in [0.3, 0.4) is 0 Å². The van der Waals surface area contributed by atoms with E-state index in [1.54, 1.807) is 0 Å². The topological polar surface area (TPSA) is 77.9 Å². The van der Waals surface area contributed by atoms with Gasteiger partial charge in [-0.1, -0.05) is 12.8 Å². The molecular weight excluding hydrogens is 292 g/mol. The summed E-state index contributed by atoms with van der Waals surface area (Å²) in [6, 6.07) is -0.402. The predicted octanol–water partition coefficient (Wildman–Crippen LogP) is 0.987. The average molecular weight is 318 g/mol. The second kappa shape index (κ2) is 7.07. The smallest absolute Gasteiger partial charge is 0.320 e. The number of carboxylic acid groups (broad SMARTS) is 1. The van der Waals surface area contributed by atoms with Crippen LogP contribution in [0.2, 0.25) is 0 Å². The highest BCUT2D eigenvalue weighted by molar-refractivity contribution is 7.88. The van der Waals surface area contributed by atoms with Crippen LogP contribution < -0.4 is 0 Å². The van der Waals surface area contributed by atoms with Gasteiger partial charge in [-0.05, 0) is 38.1 Å². The summed E-state index contributed by atoms with van der Waals surface area (Å²) in [6.45, 7) is 2.63. The van der Waals surface area contributed by atoms with E-state index in [2.05, 4.69) is 4.90 Å². The normalized spacial score (nSPS) is 30.0. The second-order valence-corrected chi connectivity index (χ2v) is 8.31. The summed E-state index contributed by atoms with van der Waals surface area (Å²) in [7, 11) is -3.14. The molecule has 122 valence electrons. The number of rotatable bonds is 4. The van der Waals surface area contributed by atoms with Crippen LogP contribution in [0, 0.1) is 5.92 Å². The summed E-state index contributed by atoms with van der Waals surface area (Å²) in [5.74, 6) is -0.499. The fourth-order valence-corrected chi connectivity index (χ4v) is 4.42. The molecule has 2 heterocycles. The van der Waals surface area contributed by atoms with E-state index in [0.717, 1.165) is 38.6 Å². The van der Waals surface area contributed by atoms with Crippen molar-refractivity contribution >= 4 is 16.0 Å². The fourth-order valence-electron chi connectivity index (χ4n) is 3.47. The maximum atomic E-state index is 11.7. The van der Waals surface area contributed by atoms with Crippen molar-refractivity contribution in [1.82, 2.24) is 9.21 Å². The van der Waals surface area contributed by atoms with E-state index in [1.165, 1.54) is 10.6 Å². The number of aliphatic carboxylic acids is 1. The van der Waals surface area contributed by atoms with Crippen LogP contribution >= 0.6 is 0 Å². The maximum Gasteiger partial charge on any atom is 0.320 e. The Morgan fingerprint density at radius 2 is 1.90 bits per heavy atom. The Kier molecular flexibility index (Phi) is 5.62. The Labute approximate surface area is 127 Å². The van der Waals surface area contributed by atoms with Gasteiger partial charge in [-0.2, -0.15) is 0 Å². The van der Waals surface area contributed by atoms with Crippen molar-refractivity contribution in [3.05, 3.63) is 0 Å². The molecule has 2 aliphatic rings. The third-order valence-electron chi connectivity index (χ3n) is 4.59. The highest BCUT2D eigenvalue weighted by Gasteiger charge is 2.32. The van der Waals surface area contributed by atoms with Crippen molar-refractivity contribution in [2.45, 2.75) is 44.6 Å². The van der Waals surface area contributed by atoms with Crippen molar-refractivity contribution < 1.29 is 18.3 Å². The Bertz CT molecular complexity index is 466. The number of piperidine rings is 1. The SMILES string of the molecule is CS(=O)(=O)N1CCCC(CN2CCCCCC2C(=O)O)C1. The lowest BCUT2D eigenvalue weighted by Crippen LogP contribution is -2.47. The van der Waals surface area contributed by atoms with Crippen LogP contribution in [0.15, 0.2) is 0 Å². The van der Waals surface area contributed by atoms with Gasteiger partial charge in [-0.3, -0.25) is 9.69 Å².